The Balaban J connectivity index is 0. The predicted octanol–water partition coefficient (Wildman–Crippen LogP) is 2.82. The van der Waals surface area contributed by atoms with Gasteiger partial charge in [-0.05, 0) is 18.2 Å². The van der Waals surface area contributed by atoms with Crippen molar-refractivity contribution in [3.8, 4) is 0 Å². The summed E-state index contributed by atoms with van der Waals surface area (Å²) in [6.07, 6.45) is 8.64. The molecule has 5 heteroatoms. The Morgan fingerprint density at radius 1 is 1.20 bits per heavy atom. The van der Waals surface area contributed by atoms with Gasteiger partial charge < -0.3 is 5.11 Å². The molecule has 0 saturated carbocycles. The van der Waals surface area contributed by atoms with Gasteiger partial charge in [0.2, 0.25) is 0 Å². The summed E-state index contributed by atoms with van der Waals surface area (Å²) in [4.78, 5) is 11.9. The van der Waals surface area contributed by atoms with Crippen LogP contribution in [0.1, 0.15) is 58.3 Å². The van der Waals surface area contributed by atoms with E-state index in [2.05, 4.69) is 24.5 Å². The first-order chi connectivity index (χ1) is 7.18. The van der Waals surface area contributed by atoms with Crippen LogP contribution in [0.3, 0.4) is 0 Å². The molecule has 0 aromatic carbocycles. The first kappa shape index (κ1) is 17.1. The fraction of sp³-hybridized carbons (Fsp3) is 0.900. The molecular formula is C10H23ClN2O2. The molecule has 4 N–H and O–H groups in total. The van der Waals surface area contributed by atoms with E-state index >= 15 is 0 Å². The lowest BCUT2D eigenvalue weighted by atomic mass is 10.1. The maximum absolute atomic E-state index is 10.1. The van der Waals surface area contributed by atoms with Crippen molar-refractivity contribution in [2.75, 3.05) is 0 Å². The van der Waals surface area contributed by atoms with Gasteiger partial charge in [0.15, 0.2) is 0 Å². The zero-order valence-corrected chi connectivity index (χ0v) is 10.2. The van der Waals surface area contributed by atoms with Gasteiger partial charge in [-0.25, -0.2) is 0 Å². The largest absolute Gasteiger partial charge is 0.481 e. The summed E-state index contributed by atoms with van der Waals surface area (Å²) in [5.41, 5.74) is 0. The Labute approximate surface area is 97.3 Å². The van der Waals surface area contributed by atoms with Crippen LogP contribution in [0.4, 0.5) is 0 Å². The highest BCUT2D eigenvalue weighted by molar-refractivity contribution is 6.12. The lowest BCUT2D eigenvalue weighted by Gasteiger charge is -1.98. The van der Waals surface area contributed by atoms with E-state index in [-0.39, 0.29) is 0 Å². The Bertz CT molecular complexity index is 135. The molecule has 0 rings (SSSR count). The molecule has 0 bridgehead atoms. The van der Waals surface area contributed by atoms with Crippen molar-refractivity contribution in [1.82, 2.24) is 4.94 Å². The van der Waals surface area contributed by atoms with Crippen LogP contribution < -0.4 is 10.8 Å². The molecule has 0 aromatic heterocycles. The van der Waals surface area contributed by atoms with E-state index < -0.39 is 5.97 Å². The van der Waals surface area contributed by atoms with E-state index in [0.717, 1.165) is 12.8 Å². The average Bonchev–Trinajstić information content (AvgIpc) is 2.17. The minimum Gasteiger partial charge on any atom is -0.481 e. The van der Waals surface area contributed by atoms with Crippen molar-refractivity contribution in [2.24, 2.45) is 5.84 Å². The van der Waals surface area contributed by atoms with Crippen LogP contribution in [0.15, 0.2) is 0 Å². The number of carbonyl (C=O) groups is 1. The molecule has 0 aliphatic rings. The SMILES string of the molecule is CCCCCCCCCC(=O)O.NNCl. The second-order valence-electron chi connectivity index (χ2n) is 3.37. The number of carboxylic acid groups (broad SMARTS) is 1. The van der Waals surface area contributed by atoms with Crippen LogP contribution in [0.25, 0.3) is 0 Å². The van der Waals surface area contributed by atoms with Crippen molar-refractivity contribution in [1.29, 1.82) is 0 Å². The lowest BCUT2D eigenvalue weighted by molar-refractivity contribution is -0.137. The van der Waals surface area contributed by atoms with Gasteiger partial charge >= 0.3 is 5.97 Å². The summed E-state index contributed by atoms with van der Waals surface area (Å²) < 4.78 is 0. The van der Waals surface area contributed by atoms with Gasteiger partial charge in [0, 0.05) is 6.42 Å². The Kier molecular flexibility index (Phi) is 18.4. The molecule has 0 amide bonds. The number of rotatable bonds is 8. The van der Waals surface area contributed by atoms with Gasteiger partial charge in [0.05, 0.1) is 0 Å². The number of hydrogen-bond donors (Lipinski definition) is 3. The number of unbranched alkanes of at least 4 members (excludes halogenated alkanes) is 6. The normalized spacial score (nSPS) is 9.27. The topological polar surface area (TPSA) is 75.3 Å². The fourth-order valence-electron chi connectivity index (χ4n) is 1.23. The number of nitrogens with one attached hydrogen (secondary N) is 1. The fourth-order valence-corrected chi connectivity index (χ4v) is 1.23. The molecule has 0 saturated heterocycles. The van der Waals surface area contributed by atoms with Gasteiger partial charge in [-0.3, -0.25) is 10.6 Å². The maximum atomic E-state index is 10.1. The van der Waals surface area contributed by atoms with Crippen LogP contribution in [0.2, 0.25) is 0 Å². The minimum absolute atomic E-state index is 0.341. The zero-order valence-electron chi connectivity index (χ0n) is 9.47. The Hall–Kier alpha value is -0.320. The summed E-state index contributed by atoms with van der Waals surface area (Å²) in [6.45, 7) is 2.20. The van der Waals surface area contributed by atoms with Gasteiger partial charge in [0.25, 0.3) is 0 Å². The van der Waals surface area contributed by atoms with Crippen molar-refractivity contribution in [3.05, 3.63) is 0 Å². The first-order valence-corrected chi connectivity index (χ1v) is 5.84. The lowest BCUT2D eigenvalue weighted by Crippen LogP contribution is -2.05. The molecule has 0 radical (unpaired) electrons. The third kappa shape index (κ3) is 24.8. The summed E-state index contributed by atoms with van der Waals surface area (Å²) in [7, 11) is 0. The van der Waals surface area contributed by atoms with Crippen LogP contribution in [-0.4, -0.2) is 11.1 Å². The molecule has 0 aliphatic heterocycles. The highest BCUT2D eigenvalue weighted by Crippen LogP contribution is 2.07. The van der Waals surface area contributed by atoms with Gasteiger partial charge in [-0.2, -0.15) is 4.94 Å². The van der Waals surface area contributed by atoms with Crippen LogP contribution in [-0.2, 0) is 4.79 Å². The smallest absolute Gasteiger partial charge is 0.303 e. The highest BCUT2D eigenvalue weighted by atomic mass is 35.5. The minimum atomic E-state index is -0.663. The van der Waals surface area contributed by atoms with Crippen LogP contribution >= 0.6 is 11.8 Å². The van der Waals surface area contributed by atoms with Gasteiger partial charge in [-0.1, -0.05) is 45.4 Å². The summed E-state index contributed by atoms with van der Waals surface area (Å²) in [6, 6.07) is 0. The van der Waals surface area contributed by atoms with Crippen molar-refractivity contribution >= 4 is 17.7 Å². The van der Waals surface area contributed by atoms with Gasteiger partial charge in [-0.15, -0.1) is 0 Å². The molecule has 15 heavy (non-hydrogen) atoms. The summed E-state index contributed by atoms with van der Waals surface area (Å²) >= 11 is 4.53. The van der Waals surface area contributed by atoms with Gasteiger partial charge in [0.1, 0.15) is 0 Å². The highest BCUT2D eigenvalue weighted by Gasteiger charge is 1.95. The number of hydrogen-bond acceptors (Lipinski definition) is 3. The standard InChI is InChI=1S/C10H20O2.ClH3N2/c1-2-3-4-5-6-7-8-9-10(11)12;1-3-2/h2-9H2,1H3,(H,11,12);3H,2H2. The van der Waals surface area contributed by atoms with Crippen LogP contribution in [0, 0.1) is 0 Å². The molecule has 92 valence electrons. The third-order valence-electron chi connectivity index (χ3n) is 1.99. The van der Waals surface area contributed by atoms with Crippen molar-refractivity contribution in [3.63, 3.8) is 0 Å². The number of aliphatic carboxylic acids is 1. The second kappa shape index (κ2) is 16.1. The molecular weight excluding hydrogens is 216 g/mol. The summed E-state index contributed by atoms with van der Waals surface area (Å²) in [5, 5.41) is 8.35. The average molecular weight is 239 g/mol. The van der Waals surface area contributed by atoms with E-state index in [1.807, 2.05) is 0 Å². The maximum Gasteiger partial charge on any atom is 0.303 e. The quantitative estimate of drug-likeness (QED) is 0.263. The Morgan fingerprint density at radius 2 is 1.60 bits per heavy atom. The van der Waals surface area contributed by atoms with E-state index in [1.54, 1.807) is 4.94 Å². The van der Waals surface area contributed by atoms with E-state index in [9.17, 15) is 4.79 Å². The van der Waals surface area contributed by atoms with Crippen molar-refractivity contribution in [2.45, 2.75) is 58.3 Å². The van der Waals surface area contributed by atoms with E-state index in [0.29, 0.717) is 6.42 Å². The first-order valence-electron chi connectivity index (χ1n) is 5.47. The molecule has 0 unspecified atom stereocenters. The number of carboxylic acids is 1. The molecule has 0 atom stereocenters. The molecule has 0 aliphatic carbocycles. The zero-order chi connectivity index (χ0) is 11.9. The van der Waals surface area contributed by atoms with E-state index in [1.165, 1.54) is 32.1 Å². The second-order valence-corrected chi connectivity index (χ2v) is 3.59. The number of halogens is 1. The number of nitrogens with two attached hydrogens (primary N) is 1. The monoisotopic (exact) mass is 238 g/mol. The molecule has 0 fully saturated rings. The predicted molar refractivity (Wildman–Crippen MR) is 63.4 cm³/mol. The van der Waals surface area contributed by atoms with E-state index in [4.69, 9.17) is 5.11 Å². The molecule has 4 nitrogen and oxygen atoms in total. The molecule has 0 aromatic rings. The van der Waals surface area contributed by atoms with Crippen molar-refractivity contribution < 1.29 is 9.90 Å². The molecule has 0 spiro atoms. The number of hydrazine groups is 1. The third-order valence-corrected chi connectivity index (χ3v) is 1.99. The van der Waals surface area contributed by atoms with Crippen LogP contribution in [0.5, 0.6) is 0 Å². The molecule has 0 heterocycles. The Morgan fingerprint density at radius 3 is 2.00 bits per heavy atom. The summed E-state index contributed by atoms with van der Waals surface area (Å²) in [5.74, 6) is 3.70.